The number of halogens is 2. The first-order valence-electron chi connectivity index (χ1n) is 5.42. The third-order valence-corrected chi connectivity index (χ3v) is 3.04. The van der Waals surface area contributed by atoms with Crippen LogP contribution in [0, 0.1) is 5.82 Å². The van der Waals surface area contributed by atoms with Gasteiger partial charge < -0.3 is 11.1 Å². The van der Waals surface area contributed by atoms with Crippen molar-refractivity contribution in [3.05, 3.63) is 35.6 Å². The summed E-state index contributed by atoms with van der Waals surface area (Å²) >= 11 is 0. The van der Waals surface area contributed by atoms with Crippen LogP contribution in [0.15, 0.2) is 24.3 Å². The quantitative estimate of drug-likeness (QED) is 0.870. The summed E-state index contributed by atoms with van der Waals surface area (Å²) in [5.74, 6) is -0.671. The number of rotatable bonds is 3. The lowest BCUT2D eigenvalue weighted by molar-refractivity contribution is 0.0929. The van der Waals surface area contributed by atoms with Crippen molar-refractivity contribution in [1.82, 2.24) is 5.32 Å². The summed E-state index contributed by atoms with van der Waals surface area (Å²) in [5, 5.41) is 2.74. The van der Waals surface area contributed by atoms with Crippen LogP contribution >= 0.6 is 12.4 Å². The van der Waals surface area contributed by atoms with Gasteiger partial charge in [0, 0.05) is 17.6 Å². The second-order valence-corrected chi connectivity index (χ2v) is 4.41. The molecule has 0 aliphatic heterocycles. The molecule has 0 bridgehead atoms. The molecule has 0 atom stereocenters. The highest BCUT2D eigenvalue weighted by atomic mass is 35.5. The lowest BCUT2D eigenvalue weighted by Crippen LogP contribution is -2.54. The smallest absolute Gasteiger partial charge is 0.251 e. The first-order chi connectivity index (χ1) is 7.59. The number of carbonyl (C=O) groups excluding carboxylic acids is 1. The Morgan fingerprint density at radius 2 is 2.18 bits per heavy atom. The molecule has 1 aliphatic carbocycles. The molecule has 1 aromatic carbocycles. The molecule has 2 rings (SSSR count). The summed E-state index contributed by atoms with van der Waals surface area (Å²) in [4.78, 5) is 11.7. The van der Waals surface area contributed by atoms with Gasteiger partial charge in [-0.15, -0.1) is 12.4 Å². The van der Waals surface area contributed by atoms with Gasteiger partial charge in [-0.05, 0) is 37.5 Å². The van der Waals surface area contributed by atoms with Gasteiger partial charge in [0.25, 0.3) is 5.91 Å². The van der Waals surface area contributed by atoms with Crippen LogP contribution in [-0.2, 0) is 0 Å². The van der Waals surface area contributed by atoms with E-state index in [2.05, 4.69) is 5.32 Å². The average Bonchev–Trinajstić information content (AvgIpc) is 2.23. The maximum atomic E-state index is 12.9. The normalized spacial score (nSPS) is 16.6. The summed E-state index contributed by atoms with van der Waals surface area (Å²) in [6, 6.07) is 5.64. The SMILES string of the molecule is Cl.NC1(CNC(=O)c2cccc(F)c2)CCC1. The fourth-order valence-electron chi connectivity index (χ4n) is 1.80. The van der Waals surface area contributed by atoms with Crippen molar-refractivity contribution in [2.75, 3.05) is 6.54 Å². The van der Waals surface area contributed by atoms with Crippen LogP contribution in [0.25, 0.3) is 0 Å². The zero-order valence-corrected chi connectivity index (χ0v) is 10.2. The van der Waals surface area contributed by atoms with Gasteiger partial charge in [0.15, 0.2) is 0 Å². The molecule has 0 saturated heterocycles. The van der Waals surface area contributed by atoms with E-state index in [-0.39, 0.29) is 23.9 Å². The zero-order valence-electron chi connectivity index (χ0n) is 9.41. The highest BCUT2D eigenvalue weighted by Crippen LogP contribution is 2.28. The predicted molar refractivity (Wildman–Crippen MR) is 66.8 cm³/mol. The van der Waals surface area contributed by atoms with E-state index in [4.69, 9.17) is 5.73 Å². The standard InChI is InChI=1S/C12H15FN2O.ClH/c13-10-4-1-3-9(7-10)11(16)15-8-12(14)5-2-6-12;/h1,3-4,7H,2,5-6,8,14H2,(H,15,16);1H. The van der Waals surface area contributed by atoms with Gasteiger partial charge in [0.05, 0.1) is 0 Å². The van der Waals surface area contributed by atoms with Crippen molar-refractivity contribution in [2.45, 2.75) is 24.8 Å². The lowest BCUT2D eigenvalue weighted by atomic mass is 9.78. The Bertz CT molecular complexity index is 407. The van der Waals surface area contributed by atoms with Crippen molar-refractivity contribution < 1.29 is 9.18 Å². The van der Waals surface area contributed by atoms with Crippen LogP contribution in [0.2, 0.25) is 0 Å². The highest BCUT2D eigenvalue weighted by Gasteiger charge is 2.32. The molecule has 1 aliphatic rings. The third kappa shape index (κ3) is 3.41. The molecule has 5 heteroatoms. The summed E-state index contributed by atoms with van der Waals surface area (Å²) in [5.41, 5.74) is 6.06. The molecule has 0 heterocycles. The Morgan fingerprint density at radius 3 is 2.71 bits per heavy atom. The van der Waals surface area contributed by atoms with Gasteiger partial charge in [-0.25, -0.2) is 4.39 Å². The largest absolute Gasteiger partial charge is 0.350 e. The molecule has 0 radical (unpaired) electrons. The molecule has 1 amide bonds. The molecule has 3 nitrogen and oxygen atoms in total. The minimum Gasteiger partial charge on any atom is -0.350 e. The molecule has 1 saturated carbocycles. The van der Waals surface area contributed by atoms with E-state index in [0.29, 0.717) is 12.1 Å². The van der Waals surface area contributed by atoms with Crippen molar-refractivity contribution in [2.24, 2.45) is 5.73 Å². The van der Waals surface area contributed by atoms with E-state index in [1.165, 1.54) is 18.2 Å². The number of carbonyl (C=O) groups is 1. The highest BCUT2D eigenvalue weighted by molar-refractivity contribution is 5.94. The molecule has 0 spiro atoms. The van der Waals surface area contributed by atoms with Crippen LogP contribution in [0.3, 0.4) is 0 Å². The number of nitrogens with one attached hydrogen (secondary N) is 1. The Hall–Kier alpha value is -1.13. The fraction of sp³-hybridized carbons (Fsp3) is 0.417. The maximum absolute atomic E-state index is 12.9. The molecular formula is C12H16ClFN2O. The summed E-state index contributed by atoms with van der Waals surface area (Å²) in [6.07, 6.45) is 3.00. The lowest BCUT2D eigenvalue weighted by Gasteiger charge is -2.38. The summed E-state index contributed by atoms with van der Waals surface area (Å²) < 4.78 is 12.9. The fourth-order valence-corrected chi connectivity index (χ4v) is 1.80. The average molecular weight is 259 g/mol. The number of hydrogen-bond donors (Lipinski definition) is 2. The van der Waals surface area contributed by atoms with Gasteiger partial charge >= 0.3 is 0 Å². The summed E-state index contributed by atoms with van der Waals surface area (Å²) in [7, 11) is 0. The van der Waals surface area contributed by atoms with Gasteiger partial charge in [-0.2, -0.15) is 0 Å². The van der Waals surface area contributed by atoms with Crippen LogP contribution in [-0.4, -0.2) is 18.0 Å². The van der Waals surface area contributed by atoms with E-state index in [1.54, 1.807) is 6.07 Å². The first-order valence-corrected chi connectivity index (χ1v) is 5.42. The number of benzene rings is 1. The topological polar surface area (TPSA) is 55.1 Å². The van der Waals surface area contributed by atoms with Crippen molar-refractivity contribution in [3.63, 3.8) is 0 Å². The molecule has 3 N–H and O–H groups in total. The van der Waals surface area contributed by atoms with E-state index in [9.17, 15) is 9.18 Å². The van der Waals surface area contributed by atoms with Crippen molar-refractivity contribution in [1.29, 1.82) is 0 Å². The second-order valence-electron chi connectivity index (χ2n) is 4.41. The molecule has 94 valence electrons. The van der Waals surface area contributed by atoms with E-state index >= 15 is 0 Å². The number of amides is 1. The van der Waals surface area contributed by atoms with E-state index in [0.717, 1.165) is 19.3 Å². The Morgan fingerprint density at radius 1 is 1.47 bits per heavy atom. The molecule has 0 aromatic heterocycles. The Labute approximate surface area is 106 Å². The Kier molecular flexibility index (Phi) is 4.48. The van der Waals surface area contributed by atoms with Crippen LogP contribution in [0.1, 0.15) is 29.6 Å². The molecule has 1 fully saturated rings. The van der Waals surface area contributed by atoms with Crippen LogP contribution in [0.5, 0.6) is 0 Å². The van der Waals surface area contributed by atoms with Crippen LogP contribution in [0.4, 0.5) is 4.39 Å². The van der Waals surface area contributed by atoms with Gasteiger partial charge in [-0.3, -0.25) is 4.79 Å². The minimum absolute atomic E-state index is 0. The van der Waals surface area contributed by atoms with Crippen molar-refractivity contribution >= 4 is 18.3 Å². The Balaban J connectivity index is 0.00000144. The monoisotopic (exact) mass is 258 g/mol. The van der Waals surface area contributed by atoms with E-state index < -0.39 is 5.82 Å². The van der Waals surface area contributed by atoms with Gasteiger partial charge in [-0.1, -0.05) is 6.07 Å². The third-order valence-electron chi connectivity index (χ3n) is 3.04. The second kappa shape index (κ2) is 5.47. The number of nitrogens with two attached hydrogens (primary N) is 1. The maximum Gasteiger partial charge on any atom is 0.251 e. The summed E-state index contributed by atoms with van der Waals surface area (Å²) in [6.45, 7) is 0.461. The molecule has 17 heavy (non-hydrogen) atoms. The van der Waals surface area contributed by atoms with E-state index in [1.807, 2.05) is 0 Å². The van der Waals surface area contributed by atoms with Gasteiger partial charge in [0.1, 0.15) is 5.82 Å². The molecule has 1 aromatic rings. The predicted octanol–water partition coefficient (Wildman–Crippen LogP) is 1.86. The van der Waals surface area contributed by atoms with Crippen molar-refractivity contribution in [3.8, 4) is 0 Å². The van der Waals surface area contributed by atoms with Crippen LogP contribution < -0.4 is 11.1 Å². The molecule has 0 unspecified atom stereocenters. The minimum atomic E-state index is -0.404. The first kappa shape index (κ1) is 13.9. The zero-order chi connectivity index (χ0) is 11.6. The van der Waals surface area contributed by atoms with Gasteiger partial charge in [0.2, 0.25) is 0 Å². The molecular weight excluding hydrogens is 243 g/mol. The number of hydrogen-bond acceptors (Lipinski definition) is 2.